The van der Waals surface area contributed by atoms with Gasteiger partial charge in [0.05, 0.1) is 31.0 Å². The number of hydrogen-bond donors (Lipinski definition) is 0. The molecule has 0 heterocycles. The number of hydrogen-bond acceptors (Lipinski definition) is 9. The fourth-order valence-electron chi connectivity index (χ4n) is 2.06. The molecule has 0 bridgehead atoms. The van der Waals surface area contributed by atoms with Crippen molar-refractivity contribution >= 4 is 52.3 Å². The van der Waals surface area contributed by atoms with Crippen LogP contribution in [0.15, 0.2) is 36.4 Å². The molecular formula is C17H10Cl2N2O9. The Balaban J connectivity index is 1.94. The van der Waals surface area contributed by atoms with E-state index >= 15 is 0 Å². The van der Waals surface area contributed by atoms with E-state index in [9.17, 15) is 34.6 Å². The third kappa shape index (κ3) is 5.72. The molecule has 0 aliphatic carbocycles. The zero-order valence-corrected chi connectivity index (χ0v) is 16.2. The molecule has 0 fully saturated rings. The van der Waals surface area contributed by atoms with E-state index in [1.165, 1.54) is 0 Å². The van der Waals surface area contributed by atoms with Crippen molar-refractivity contribution in [1.29, 1.82) is 0 Å². The standard InChI is InChI=1S/C17H10Cl2N2O9/c18-14-3-1-9(20(25)26)5-12(14)16(23)29-7-11(22)8-30-17(24)13-6-10(21(27)28)2-4-15(13)19/h1-6H,7-8H2. The van der Waals surface area contributed by atoms with Gasteiger partial charge < -0.3 is 9.47 Å². The lowest BCUT2D eigenvalue weighted by Crippen LogP contribution is -2.21. The minimum atomic E-state index is -1.09. The number of nitro groups is 2. The number of carbonyl (C=O) groups excluding carboxylic acids is 3. The van der Waals surface area contributed by atoms with E-state index in [-0.39, 0.29) is 21.2 Å². The Morgan fingerprint density at radius 2 is 1.13 bits per heavy atom. The maximum atomic E-state index is 12.0. The van der Waals surface area contributed by atoms with Crippen LogP contribution in [0.1, 0.15) is 20.7 Å². The van der Waals surface area contributed by atoms with Gasteiger partial charge in [0.15, 0.2) is 13.2 Å². The molecule has 0 atom stereocenters. The van der Waals surface area contributed by atoms with Crippen molar-refractivity contribution in [3.8, 4) is 0 Å². The summed E-state index contributed by atoms with van der Waals surface area (Å²) in [6.45, 7) is -1.62. The normalized spacial score (nSPS) is 10.2. The van der Waals surface area contributed by atoms with Crippen molar-refractivity contribution in [2.75, 3.05) is 13.2 Å². The van der Waals surface area contributed by atoms with Gasteiger partial charge in [0.1, 0.15) is 0 Å². The van der Waals surface area contributed by atoms with Crippen molar-refractivity contribution < 1.29 is 33.7 Å². The van der Waals surface area contributed by atoms with Gasteiger partial charge in [-0.15, -0.1) is 0 Å². The lowest BCUT2D eigenvalue weighted by atomic mass is 10.2. The Labute approximate surface area is 177 Å². The summed E-state index contributed by atoms with van der Waals surface area (Å²) in [7, 11) is 0. The molecule has 0 saturated carbocycles. The molecule has 0 spiro atoms. The van der Waals surface area contributed by atoms with Gasteiger partial charge in [0, 0.05) is 24.3 Å². The molecule has 2 rings (SSSR count). The first-order valence-corrected chi connectivity index (χ1v) is 8.59. The first-order chi connectivity index (χ1) is 14.1. The third-order valence-corrected chi connectivity index (χ3v) is 4.15. The molecule has 13 heteroatoms. The van der Waals surface area contributed by atoms with Crippen molar-refractivity contribution in [2.45, 2.75) is 0 Å². The number of ketones is 1. The first-order valence-electron chi connectivity index (χ1n) is 7.84. The molecule has 30 heavy (non-hydrogen) atoms. The van der Waals surface area contributed by atoms with E-state index < -0.39 is 52.2 Å². The van der Waals surface area contributed by atoms with Gasteiger partial charge in [-0.3, -0.25) is 25.0 Å². The second-order valence-corrected chi connectivity index (χ2v) is 6.35. The van der Waals surface area contributed by atoms with E-state index in [2.05, 4.69) is 0 Å². The van der Waals surface area contributed by atoms with Gasteiger partial charge in [-0.05, 0) is 12.1 Å². The number of halogens is 2. The number of non-ortho nitro benzene ring substituents is 2. The monoisotopic (exact) mass is 456 g/mol. The molecule has 0 aliphatic rings. The van der Waals surface area contributed by atoms with Crippen LogP contribution in [0.5, 0.6) is 0 Å². The van der Waals surface area contributed by atoms with Gasteiger partial charge in [0.25, 0.3) is 11.4 Å². The molecule has 0 N–H and O–H groups in total. The summed E-state index contributed by atoms with van der Waals surface area (Å²) in [6.07, 6.45) is 0. The molecule has 0 aliphatic heterocycles. The number of Topliss-reactive ketones (excluding diaryl/α,β-unsaturated/α-hetero) is 1. The summed E-state index contributed by atoms with van der Waals surface area (Å²) in [5.41, 5.74) is -1.45. The highest BCUT2D eigenvalue weighted by Crippen LogP contribution is 2.24. The Morgan fingerprint density at radius 3 is 1.47 bits per heavy atom. The van der Waals surface area contributed by atoms with Crippen molar-refractivity contribution in [1.82, 2.24) is 0 Å². The fourth-order valence-corrected chi connectivity index (χ4v) is 2.45. The number of carbonyl (C=O) groups is 3. The molecule has 0 radical (unpaired) electrons. The van der Waals surface area contributed by atoms with Crippen molar-refractivity contribution in [3.63, 3.8) is 0 Å². The van der Waals surface area contributed by atoms with Gasteiger partial charge in [-0.1, -0.05) is 23.2 Å². The average molecular weight is 457 g/mol. The maximum Gasteiger partial charge on any atom is 0.340 e. The number of rotatable bonds is 8. The van der Waals surface area contributed by atoms with Crippen LogP contribution in [0.3, 0.4) is 0 Å². The largest absolute Gasteiger partial charge is 0.454 e. The minimum absolute atomic E-state index is 0.121. The lowest BCUT2D eigenvalue weighted by Gasteiger charge is -2.07. The van der Waals surface area contributed by atoms with Crippen molar-refractivity contribution in [3.05, 3.63) is 77.8 Å². The molecule has 0 unspecified atom stereocenters. The van der Waals surface area contributed by atoms with Crippen LogP contribution >= 0.6 is 23.2 Å². The third-order valence-electron chi connectivity index (χ3n) is 3.49. The summed E-state index contributed by atoms with van der Waals surface area (Å²) >= 11 is 11.6. The Hall–Kier alpha value is -3.57. The van der Waals surface area contributed by atoms with Crippen LogP contribution in [0.2, 0.25) is 10.0 Å². The SMILES string of the molecule is O=C(COC(=O)c1cc([N+](=O)[O-])ccc1Cl)COC(=O)c1cc([N+](=O)[O-])ccc1Cl. The minimum Gasteiger partial charge on any atom is -0.454 e. The van der Waals surface area contributed by atoms with Gasteiger partial charge >= 0.3 is 11.9 Å². The van der Waals surface area contributed by atoms with Crippen LogP contribution < -0.4 is 0 Å². The number of nitro benzene ring substituents is 2. The Morgan fingerprint density at radius 1 is 0.767 bits per heavy atom. The number of esters is 2. The highest BCUT2D eigenvalue weighted by Gasteiger charge is 2.20. The second-order valence-electron chi connectivity index (χ2n) is 5.53. The number of ether oxygens (including phenoxy) is 2. The summed E-state index contributed by atoms with van der Waals surface area (Å²) in [4.78, 5) is 55.8. The zero-order valence-electron chi connectivity index (χ0n) is 14.7. The predicted molar refractivity (Wildman–Crippen MR) is 102 cm³/mol. The Bertz CT molecular complexity index is 974. The summed E-state index contributed by atoms with van der Waals surface area (Å²) < 4.78 is 9.43. The second kappa shape index (κ2) is 9.76. The smallest absolute Gasteiger partial charge is 0.340 e. The van der Waals surface area contributed by atoms with Crippen LogP contribution in [0, 0.1) is 20.2 Å². The highest BCUT2D eigenvalue weighted by molar-refractivity contribution is 6.34. The van der Waals surface area contributed by atoms with E-state index in [1.54, 1.807) is 0 Å². The van der Waals surface area contributed by atoms with E-state index in [0.717, 1.165) is 36.4 Å². The molecule has 156 valence electrons. The predicted octanol–water partition coefficient (Wildman–Crippen LogP) is 3.39. The van der Waals surface area contributed by atoms with E-state index in [0.29, 0.717) is 0 Å². The van der Waals surface area contributed by atoms with Gasteiger partial charge in [-0.2, -0.15) is 0 Å². The fraction of sp³-hybridized carbons (Fsp3) is 0.118. The van der Waals surface area contributed by atoms with Crippen LogP contribution in [-0.4, -0.2) is 40.8 Å². The van der Waals surface area contributed by atoms with E-state index in [4.69, 9.17) is 32.7 Å². The summed E-state index contributed by atoms with van der Waals surface area (Å²) in [5.74, 6) is -3.02. The highest BCUT2D eigenvalue weighted by atomic mass is 35.5. The lowest BCUT2D eigenvalue weighted by molar-refractivity contribution is -0.385. The first kappa shape index (κ1) is 22.7. The van der Waals surface area contributed by atoms with Crippen LogP contribution in [0.25, 0.3) is 0 Å². The van der Waals surface area contributed by atoms with Gasteiger partial charge in [0.2, 0.25) is 5.78 Å². The molecule has 2 aromatic carbocycles. The van der Waals surface area contributed by atoms with Gasteiger partial charge in [-0.25, -0.2) is 9.59 Å². The summed E-state index contributed by atoms with van der Waals surface area (Å²) in [6, 6.07) is 6.20. The molecule has 0 saturated heterocycles. The molecule has 0 aromatic heterocycles. The quantitative estimate of drug-likeness (QED) is 0.329. The molecule has 11 nitrogen and oxygen atoms in total. The topological polar surface area (TPSA) is 156 Å². The molecular weight excluding hydrogens is 447 g/mol. The Kier molecular flexibility index (Phi) is 7.39. The zero-order chi connectivity index (χ0) is 22.4. The molecule has 0 amide bonds. The maximum absolute atomic E-state index is 12.0. The average Bonchev–Trinajstić information content (AvgIpc) is 2.70. The summed E-state index contributed by atoms with van der Waals surface area (Å²) in [5, 5.41) is 21.3. The number of benzene rings is 2. The van der Waals surface area contributed by atoms with Crippen molar-refractivity contribution in [2.24, 2.45) is 0 Å². The number of nitrogens with zero attached hydrogens (tertiary/aromatic N) is 2. The van der Waals surface area contributed by atoms with Crippen LogP contribution in [-0.2, 0) is 14.3 Å². The molecule has 2 aromatic rings. The van der Waals surface area contributed by atoms with Crippen LogP contribution in [0.4, 0.5) is 11.4 Å². The van der Waals surface area contributed by atoms with E-state index in [1.807, 2.05) is 0 Å².